The molecule has 1 heterocycles. The van der Waals surface area contributed by atoms with Gasteiger partial charge < -0.3 is 9.47 Å². The number of halogens is 1. The fourth-order valence-electron chi connectivity index (χ4n) is 1.73. The fourth-order valence-corrected chi connectivity index (χ4v) is 2.21. The number of hydrogen-bond acceptors (Lipinski definition) is 5. The molecule has 94 valence electrons. The van der Waals surface area contributed by atoms with Gasteiger partial charge in [0.15, 0.2) is 5.75 Å². The number of benzene rings is 1. The number of nitrogens with zero attached hydrogens (tertiary/aromatic N) is 2. The van der Waals surface area contributed by atoms with E-state index in [1.807, 2.05) is 0 Å². The van der Waals surface area contributed by atoms with Crippen molar-refractivity contribution < 1.29 is 14.4 Å². The summed E-state index contributed by atoms with van der Waals surface area (Å²) in [5, 5.41) is 11.6. The van der Waals surface area contributed by atoms with Crippen molar-refractivity contribution in [2.24, 2.45) is 0 Å². The van der Waals surface area contributed by atoms with Gasteiger partial charge in [-0.3, -0.25) is 15.1 Å². The molecular weight excluding hydrogens is 304 g/mol. The molecule has 0 atom stereocenters. The van der Waals surface area contributed by atoms with Crippen LogP contribution in [0.3, 0.4) is 0 Å². The lowest BCUT2D eigenvalue weighted by Crippen LogP contribution is -1.98. The summed E-state index contributed by atoms with van der Waals surface area (Å²) in [4.78, 5) is 14.7. The van der Waals surface area contributed by atoms with E-state index in [4.69, 9.17) is 9.47 Å². The zero-order chi connectivity index (χ0) is 13.3. The molecule has 0 saturated carbocycles. The van der Waals surface area contributed by atoms with E-state index in [1.165, 1.54) is 20.3 Å². The van der Waals surface area contributed by atoms with E-state index < -0.39 is 4.92 Å². The number of rotatable bonds is 3. The number of aromatic nitrogens is 1. The molecule has 7 heteroatoms. The van der Waals surface area contributed by atoms with Crippen molar-refractivity contribution in [2.45, 2.75) is 0 Å². The molecule has 0 spiro atoms. The highest BCUT2D eigenvalue weighted by Crippen LogP contribution is 2.43. The summed E-state index contributed by atoms with van der Waals surface area (Å²) in [6.07, 6.45) is 1.58. The molecule has 2 aromatic rings. The summed E-state index contributed by atoms with van der Waals surface area (Å²) in [5.41, 5.74) is 0.352. The highest BCUT2D eigenvalue weighted by molar-refractivity contribution is 9.10. The van der Waals surface area contributed by atoms with E-state index in [9.17, 15) is 10.1 Å². The number of ether oxygens (including phenoxy) is 2. The predicted octanol–water partition coefficient (Wildman–Crippen LogP) is 2.92. The summed E-state index contributed by atoms with van der Waals surface area (Å²) in [7, 11) is 2.82. The molecule has 0 bridgehead atoms. The van der Waals surface area contributed by atoms with Crippen molar-refractivity contribution in [1.82, 2.24) is 4.98 Å². The van der Waals surface area contributed by atoms with Gasteiger partial charge in [0.25, 0.3) is 0 Å². The van der Waals surface area contributed by atoms with Gasteiger partial charge in [0, 0.05) is 10.7 Å². The van der Waals surface area contributed by atoms with Gasteiger partial charge in [-0.2, -0.15) is 0 Å². The first-order chi connectivity index (χ1) is 8.60. The molecule has 0 aliphatic heterocycles. The van der Waals surface area contributed by atoms with Crippen LogP contribution in [0.5, 0.6) is 11.5 Å². The minimum atomic E-state index is -0.514. The Morgan fingerprint density at radius 3 is 2.67 bits per heavy atom. The maximum atomic E-state index is 11.0. The van der Waals surface area contributed by atoms with Crippen molar-refractivity contribution in [3.63, 3.8) is 0 Å². The molecule has 0 amide bonds. The van der Waals surface area contributed by atoms with Gasteiger partial charge in [-0.1, -0.05) is 0 Å². The van der Waals surface area contributed by atoms with Crippen molar-refractivity contribution in [3.05, 3.63) is 32.9 Å². The molecule has 0 unspecified atom stereocenters. The number of hydrogen-bond donors (Lipinski definition) is 0. The third kappa shape index (κ3) is 1.86. The number of nitro groups is 1. The Balaban J connectivity index is 2.97. The van der Waals surface area contributed by atoms with E-state index in [-0.39, 0.29) is 11.4 Å². The Hall–Kier alpha value is -1.89. The number of fused-ring (bicyclic) bond motifs is 1. The SMILES string of the molecule is COc1cc([N+](=O)[O-])c(OC)c2c(Br)ccnc12. The molecule has 2 rings (SSSR count). The second-order valence-electron chi connectivity index (χ2n) is 3.40. The van der Waals surface area contributed by atoms with Crippen LogP contribution < -0.4 is 9.47 Å². The van der Waals surface area contributed by atoms with Gasteiger partial charge in [-0.15, -0.1) is 0 Å². The maximum absolute atomic E-state index is 11.0. The Kier molecular flexibility index (Phi) is 3.33. The molecule has 0 saturated heterocycles. The standard InChI is InChI=1S/C11H9BrN2O4/c1-17-8-5-7(14(15)16)11(18-2)9-6(12)3-4-13-10(8)9/h3-5H,1-2H3. The summed E-state index contributed by atoms with van der Waals surface area (Å²) in [6.45, 7) is 0. The average molecular weight is 313 g/mol. The van der Waals surface area contributed by atoms with Crippen molar-refractivity contribution in [2.75, 3.05) is 14.2 Å². The minimum Gasteiger partial charge on any atom is -0.494 e. The Morgan fingerprint density at radius 2 is 2.11 bits per heavy atom. The fraction of sp³-hybridized carbons (Fsp3) is 0.182. The highest BCUT2D eigenvalue weighted by atomic mass is 79.9. The predicted molar refractivity (Wildman–Crippen MR) is 69.2 cm³/mol. The summed E-state index contributed by atoms with van der Waals surface area (Å²) >= 11 is 3.34. The third-order valence-corrected chi connectivity index (χ3v) is 3.14. The van der Waals surface area contributed by atoms with Crippen LogP contribution in [0.25, 0.3) is 10.9 Å². The number of pyridine rings is 1. The van der Waals surface area contributed by atoms with Crippen LogP contribution in [0.4, 0.5) is 5.69 Å². The minimum absolute atomic E-state index is 0.157. The molecule has 0 aliphatic carbocycles. The van der Waals surface area contributed by atoms with Gasteiger partial charge in [-0.25, -0.2) is 0 Å². The number of nitro benzene ring substituents is 1. The first-order valence-corrected chi connectivity index (χ1v) is 5.73. The largest absolute Gasteiger partial charge is 0.494 e. The van der Waals surface area contributed by atoms with Gasteiger partial charge in [0.05, 0.1) is 30.6 Å². The zero-order valence-electron chi connectivity index (χ0n) is 9.64. The summed E-state index contributed by atoms with van der Waals surface area (Å²) in [6, 6.07) is 2.99. The van der Waals surface area contributed by atoms with Crippen LogP contribution in [-0.2, 0) is 0 Å². The van der Waals surface area contributed by atoms with Crippen molar-refractivity contribution in [1.29, 1.82) is 0 Å². The highest BCUT2D eigenvalue weighted by Gasteiger charge is 2.23. The van der Waals surface area contributed by atoms with Crippen LogP contribution in [0.1, 0.15) is 0 Å². The molecule has 0 aliphatic rings. The quantitative estimate of drug-likeness (QED) is 0.643. The van der Waals surface area contributed by atoms with Crippen LogP contribution >= 0.6 is 15.9 Å². The van der Waals surface area contributed by atoms with Gasteiger partial charge in [-0.05, 0) is 22.0 Å². The molecule has 0 N–H and O–H groups in total. The van der Waals surface area contributed by atoms with E-state index in [2.05, 4.69) is 20.9 Å². The van der Waals surface area contributed by atoms with Gasteiger partial charge in [0.2, 0.25) is 5.75 Å². The van der Waals surface area contributed by atoms with Gasteiger partial charge >= 0.3 is 5.69 Å². The van der Waals surface area contributed by atoms with Gasteiger partial charge in [0.1, 0.15) is 5.52 Å². The second kappa shape index (κ2) is 4.77. The lowest BCUT2D eigenvalue weighted by Gasteiger charge is -2.10. The van der Waals surface area contributed by atoms with E-state index in [0.717, 1.165) is 0 Å². The summed E-state index contributed by atoms with van der Waals surface area (Å²) < 4.78 is 10.9. The third-order valence-electron chi connectivity index (χ3n) is 2.48. The smallest absolute Gasteiger partial charge is 0.315 e. The van der Waals surface area contributed by atoms with Crippen LogP contribution in [0.15, 0.2) is 22.8 Å². The monoisotopic (exact) mass is 312 g/mol. The lowest BCUT2D eigenvalue weighted by molar-refractivity contribution is -0.385. The molecular formula is C11H9BrN2O4. The first-order valence-electron chi connectivity index (χ1n) is 4.93. The summed E-state index contributed by atoms with van der Waals surface area (Å²) in [5.74, 6) is 0.495. The van der Waals surface area contributed by atoms with E-state index in [1.54, 1.807) is 12.3 Å². The van der Waals surface area contributed by atoms with E-state index in [0.29, 0.717) is 21.1 Å². The molecule has 1 aromatic carbocycles. The van der Waals surface area contributed by atoms with Crippen LogP contribution in [0, 0.1) is 10.1 Å². The van der Waals surface area contributed by atoms with Crippen LogP contribution in [-0.4, -0.2) is 24.1 Å². The topological polar surface area (TPSA) is 74.5 Å². The Morgan fingerprint density at radius 1 is 1.39 bits per heavy atom. The molecule has 0 radical (unpaired) electrons. The van der Waals surface area contributed by atoms with Crippen LogP contribution in [0.2, 0.25) is 0 Å². The Bertz CT molecular complexity index is 630. The lowest BCUT2D eigenvalue weighted by atomic mass is 10.1. The molecule has 18 heavy (non-hydrogen) atoms. The molecule has 6 nitrogen and oxygen atoms in total. The Labute approximate surface area is 111 Å². The normalized spacial score (nSPS) is 10.4. The van der Waals surface area contributed by atoms with Crippen molar-refractivity contribution >= 4 is 32.5 Å². The average Bonchev–Trinajstić information content (AvgIpc) is 2.37. The maximum Gasteiger partial charge on any atom is 0.315 e. The van der Waals surface area contributed by atoms with E-state index >= 15 is 0 Å². The molecule has 0 fully saturated rings. The van der Waals surface area contributed by atoms with Crippen molar-refractivity contribution in [3.8, 4) is 11.5 Å². The second-order valence-corrected chi connectivity index (χ2v) is 4.26. The number of methoxy groups -OCH3 is 2. The first kappa shape index (κ1) is 12.6. The zero-order valence-corrected chi connectivity index (χ0v) is 11.2. The molecule has 1 aromatic heterocycles.